The summed E-state index contributed by atoms with van der Waals surface area (Å²) in [6.45, 7) is 3.91. The molecule has 94 valence electrons. The van der Waals surface area contributed by atoms with Gasteiger partial charge in [0, 0.05) is 13.1 Å². The number of nitrogens with zero attached hydrogens (tertiary/aromatic N) is 2. The fourth-order valence-electron chi connectivity index (χ4n) is 1.71. The number of rotatable bonds is 3. The first-order chi connectivity index (χ1) is 8.47. The lowest BCUT2D eigenvalue weighted by Gasteiger charge is -2.10. The molecule has 0 unspecified atom stereocenters. The van der Waals surface area contributed by atoms with Crippen molar-refractivity contribution in [2.45, 2.75) is 13.8 Å². The van der Waals surface area contributed by atoms with E-state index in [2.05, 4.69) is 5.10 Å². The van der Waals surface area contributed by atoms with Crippen LogP contribution in [0.1, 0.15) is 16.8 Å². The second-order valence-corrected chi connectivity index (χ2v) is 4.65. The van der Waals surface area contributed by atoms with Crippen LogP contribution in [-0.4, -0.2) is 14.8 Å². The van der Waals surface area contributed by atoms with Gasteiger partial charge in [0.1, 0.15) is 10.7 Å². The maximum Gasteiger partial charge on any atom is 0.217 e. The third-order valence-corrected chi connectivity index (χ3v) is 2.80. The summed E-state index contributed by atoms with van der Waals surface area (Å²) in [5, 5.41) is 4.23. The molecule has 0 atom stereocenters. The summed E-state index contributed by atoms with van der Waals surface area (Å²) in [5.74, 6) is 1.32. The Morgan fingerprint density at radius 3 is 2.61 bits per heavy atom. The van der Waals surface area contributed by atoms with Crippen LogP contribution in [0.5, 0.6) is 11.6 Å². The smallest absolute Gasteiger partial charge is 0.217 e. The topological polar surface area (TPSA) is 53.1 Å². The van der Waals surface area contributed by atoms with Gasteiger partial charge in [-0.2, -0.15) is 5.10 Å². The van der Waals surface area contributed by atoms with Crippen LogP contribution >= 0.6 is 12.2 Å². The summed E-state index contributed by atoms with van der Waals surface area (Å²) in [5.41, 5.74) is 8.41. The number of aryl methyl sites for hydroxylation is 3. The number of hydrogen-bond acceptors (Lipinski definition) is 3. The zero-order chi connectivity index (χ0) is 13.3. The molecule has 0 amide bonds. The molecule has 4 nitrogen and oxygen atoms in total. The van der Waals surface area contributed by atoms with Gasteiger partial charge in [-0.25, -0.2) is 4.68 Å². The molecule has 0 saturated heterocycles. The maximum atomic E-state index is 5.84. The highest BCUT2D eigenvalue weighted by molar-refractivity contribution is 7.80. The lowest BCUT2D eigenvalue weighted by molar-refractivity contribution is 0.429. The summed E-state index contributed by atoms with van der Waals surface area (Å²) < 4.78 is 7.52. The SMILES string of the molecule is Cc1ccc(C(N)=S)c(Oc2cc(C)nn2C)c1. The largest absolute Gasteiger partial charge is 0.439 e. The Morgan fingerprint density at radius 2 is 2.06 bits per heavy atom. The number of aromatic nitrogens is 2. The number of ether oxygens (including phenoxy) is 1. The molecule has 0 radical (unpaired) electrons. The molecule has 0 saturated carbocycles. The second kappa shape index (κ2) is 4.78. The van der Waals surface area contributed by atoms with Crippen molar-refractivity contribution in [3.05, 3.63) is 41.1 Å². The molecular weight excluding hydrogens is 246 g/mol. The van der Waals surface area contributed by atoms with Crippen LogP contribution in [0.4, 0.5) is 0 Å². The van der Waals surface area contributed by atoms with E-state index in [1.54, 1.807) is 4.68 Å². The Hall–Kier alpha value is -1.88. The summed E-state index contributed by atoms with van der Waals surface area (Å²) >= 11 is 5.02. The van der Waals surface area contributed by atoms with Gasteiger partial charge in [0.15, 0.2) is 0 Å². The van der Waals surface area contributed by atoms with Gasteiger partial charge in [-0.05, 0) is 31.5 Å². The average molecular weight is 261 g/mol. The van der Waals surface area contributed by atoms with E-state index in [1.165, 1.54) is 0 Å². The molecule has 5 heteroatoms. The van der Waals surface area contributed by atoms with E-state index in [-0.39, 0.29) is 0 Å². The molecule has 1 aromatic heterocycles. The van der Waals surface area contributed by atoms with Crippen molar-refractivity contribution in [3.63, 3.8) is 0 Å². The highest BCUT2D eigenvalue weighted by Gasteiger charge is 2.10. The van der Waals surface area contributed by atoms with Crippen LogP contribution in [0.15, 0.2) is 24.3 Å². The Kier molecular flexibility index (Phi) is 3.34. The van der Waals surface area contributed by atoms with E-state index in [1.807, 2.05) is 45.2 Å². The van der Waals surface area contributed by atoms with Crippen LogP contribution < -0.4 is 10.5 Å². The fraction of sp³-hybridized carbons (Fsp3) is 0.231. The molecule has 0 aliphatic carbocycles. The summed E-state index contributed by atoms with van der Waals surface area (Å²) in [6, 6.07) is 7.61. The number of nitrogens with two attached hydrogens (primary N) is 1. The summed E-state index contributed by atoms with van der Waals surface area (Å²) in [6.07, 6.45) is 0. The molecule has 2 rings (SSSR count). The van der Waals surface area contributed by atoms with Gasteiger partial charge in [-0.15, -0.1) is 0 Å². The molecule has 2 N–H and O–H groups in total. The zero-order valence-corrected chi connectivity index (χ0v) is 11.4. The van der Waals surface area contributed by atoms with Crippen molar-refractivity contribution < 1.29 is 4.74 Å². The predicted octanol–water partition coefficient (Wildman–Crippen LogP) is 2.46. The Labute approximate surface area is 111 Å². The van der Waals surface area contributed by atoms with Gasteiger partial charge < -0.3 is 10.5 Å². The molecule has 0 bridgehead atoms. The zero-order valence-electron chi connectivity index (χ0n) is 10.6. The summed E-state index contributed by atoms with van der Waals surface area (Å²) in [4.78, 5) is 0.323. The van der Waals surface area contributed by atoms with Crippen LogP contribution in [0, 0.1) is 13.8 Å². The quantitative estimate of drug-likeness (QED) is 0.862. The number of thiocarbonyl (C=S) groups is 1. The van der Waals surface area contributed by atoms with Gasteiger partial charge in [0.2, 0.25) is 5.88 Å². The normalized spacial score (nSPS) is 10.4. The minimum Gasteiger partial charge on any atom is -0.439 e. The summed E-state index contributed by atoms with van der Waals surface area (Å²) in [7, 11) is 1.83. The lowest BCUT2D eigenvalue weighted by Crippen LogP contribution is -2.11. The van der Waals surface area contributed by atoms with Crippen molar-refractivity contribution in [3.8, 4) is 11.6 Å². The minimum atomic E-state index is 0.323. The molecule has 0 spiro atoms. The van der Waals surface area contributed by atoms with Crippen molar-refractivity contribution in [1.29, 1.82) is 0 Å². The first-order valence-electron chi connectivity index (χ1n) is 5.56. The van der Waals surface area contributed by atoms with Crippen LogP contribution in [0.25, 0.3) is 0 Å². The van der Waals surface area contributed by atoms with Crippen LogP contribution in [0.2, 0.25) is 0 Å². The van der Waals surface area contributed by atoms with Gasteiger partial charge in [0.25, 0.3) is 0 Å². The molecule has 2 aromatic rings. The van der Waals surface area contributed by atoms with Crippen molar-refractivity contribution in [1.82, 2.24) is 9.78 Å². The van der Waals surface area contributed by atoms with Gasteiger partial charge in [-0.3, -0.25) is 0 Å². The van der Waals surface area contributed by atoms with E-state index in [0.717, 1.165) is 16.8 Å². The molecule has 0 aliphatic heterocycles. The van der Waals surface area contributed by atoms with Crippen molar-refractivity contribution >= 4 is 17.2 Å². The lowest BCUT2D eigenvalue weighted by atomic mass is 10.1. The van der Waals surface area contributed by atoms with Crippen LogP contribution in [-0.2, 0) is 7.05 Å². The Morgan fingerprint density at radius 1 is 1.33 bits per heavy atom. The van der Waals surface area contributed by atoms with Gasteiger partial charge in [0.05, 0.1) is 11.3 Å². The van der Waals surface area contributed by atoms with Crippen LogP contribution in [0.3, 0.4) is 0 Å². The van der Waals surface area contributed by atoms with E-state index in [9.17, 15) is 0 Å². The molecule has 1 heterocycles. The van der Waals surface area contributed by atoms with Gasteiger partial charge in [-0.1, -0.05) is 18.3 Å². The predicted molar refractivity (Wildman–Crippen MR) is 75.1 cm³/mol. The second-order valence-electron chi connectivity index (χ2n) is 4.21. The van der Waals surface area contributed by atoms with Crippen molar-refractivity contribution in [2.24, 2.45) is 12.8 Å². The highest BCUT2D eigenvalue weighted by atomic mass is 32.1. The Balaban J connectivity index is 2.42. The van der Waals surface area contributed by atoms with E-state index < -0.39 is 0 Å². The molecule has 0 aliphatic rings. The first kappa shape index (κ1) is 12.6. The first-order valence-corrected chi connectivity index (χ1v) is 5.97. The highest BCUT2D eigenvalue weighted by Crippen LogP contribution is 2.26. The number of hydrogen-bond donors (Lipinski definition) is 1. The van der Waals surface area contributed by atoms with E-state index in [0.29, 0.717) is 16.6 Å². The minimum absolute atomic E-state index is 0.323. The van der Waals surface area contributed by atoms with E-state index in [4.69, 9.17) is 22.7 Å². The third-order valence-electron chi connectivity index (χ3n) is 2.58. The van der Waals surface area contributed by atoms with Crippen molar-refractivity contribution in [2.75, 3.05) is 0 Å². The third kappa shape index (κ3) is 2.51. The Bertz CT molecular complexity index is 604. The standard InChI is InChI=1S/C13H15N3OS/c1-8-4-5-10(13(14)18)11(6-8)17-12-7-9(2)15-16(12)3/h4-7H,1-3H3,(H2,14,18). The van der Waals surface area contributed by atoms with Gasteiger partial charge >= 0.3 is 0 Å². The number of benzene rings is 1. The molecular formula is C13H15N3OS. The maximum absolute atomic E-state index is 5.84. The van der Waals surface area contributed by atoms with E-state index >= 15 is 0 Å². The monoisotopic (exact) mass is 261 g/mol. The molecule has 0 fully saturated rings. The average Bonchev–Trinajstić information content (AvgIpc) is 2.57. The molecule has 1 aromatic carbocycles. The molecule has 18 heavy (non-hydrogen) atoms. The fourth-order valence-corrected chi connectivity index (χ4v) is 1.88.